The number of anilines is 3. The first-order valence-corrected chi connectivity index (χ1v) is 17.4. The van der Waals surface area contributed by atoms with Gasteiger partial charge in [0.25, 0.3) is 0 Å². The van der Waals surface area contributed by atoms with Gasteiger partial charge in [-0.15, -0.1) is 11.3 Å². The summed E-state index contributed by atoms with van der Waals surface area (Å²) >= 11 is 1.86. The normalized spacial score (nSPS) is 11.7. The molecular formula is C46H29NOS. The van der Waals surface area contributed by atoms with Gasteiger partial charge in [0.05, 0.1) is 16.8 Å². The molecule has 2 aromatic heterocycles. The van der Waals surface area contributed by atoms with E-state index in [1.807, 2.05) is 17.4 Å². The highest BCUT2D eigenvalue weighted by Crippen LogP contribution is 2.47. The van der Waals surface area contributed by atoms with Crippen LogP contribution in [0.25, 0.3) is 75.1 Å². The molecule has 3 heteroatoms. The molecule has 49 heavy (non-hydrogen) atoms. The Bertz CT molecular complexity index is 2840. The molecule has 0 saturated heterocycles. The number of thiophene rings is 1. The first-order valence-electron chi connectivity index (χ1n) is 16.6. The highest BCUT2D eigenvalue weighted by atomic mass is 32.1. The maximum atomic E-state index is 6.40. The van der Waals surface area contributed by atoms with Crippen LogP contribution in [0, 0.1) is 0 Å². The minimum atomic E-state index is 0.875. The van der Waals surface area contributed by atoms with E-state index in [2.05, 4.69) is 175 Å². The van der Waals surface area contributed by atoms with Gasteiger partial charge in [-0.2, -0.15) is 0 Å². The van der Waals surface area contributed by atoms with Gasteiger partial charge in [-0.25, -0.2) is 0 Å². The van der Waals surface area contributed by atoms with Gasteiger partial charge in [-0.3, -0.25) is 0 Å². The van der Waals surface area contributed by atoms with Gasteiger partial charge in [0.15, 0.2) is 0 Å². The minimum absolute atomic E-state index is 0.875. The molecule has 8 aromatic carbocycles. The molecule has 0 unspecified atom stereocenters. The van der Waals surface area contributed by atoms with E-state index in [1.165, 1.54) is 53.2 Å². The molecule has 0 aliphatic heterocycles. The van der Waals surface area contributed by atoms with Crippen molar-refractivity contribution in [2.45, 2.75) is 0 Å². The molecule has 0 N–H and O–H groups in total. The predicted molar refractivity (Wildman–Crippen MR) is 210 cm³/mol. The molecular weight excluding hydrogens is 615 g/mol. The van der Waals surface area contributed by atoms with Crippen LogP contribution in [-0.4, -0.2) is 0 Å². The molecule has 0 aliphatic rings. The van der Waals surface area contributed by atoms with Crippen LogP contribution in [0.3, 0.4) is 0 Å². The molecule has 230 valence electrons. The predicted octanol–water partition coefficient (Wildman–Crippen LogP) is 13.9. The van der Waals surface area contributed by atoms with Gasteiger partial charge < -0.3 is 9.32 Å². The van der Waals surface area contributed by atoms with E-state index in [4.69, 9.17) is 4.42 Å². The molecule has 0 bridgehead atoms. The average Bonchev–Trinajstić information content (AvgIpc) is 3.74. The van der Waals surface area contributed by atoms with Crippen LogP contribution in [-0.2, 0) is 0 Å². The number of furan rings is 1. The minimum Gasteiger partial charge on any atom is -0.456 e. The van der Waals surface area contributed by atoms with Crippen molar-refractivity contribution >= 4 is 81.3 Å². The molecule has 0 aliphatic carbocycles. The highest BCUT2D eigenvalue weighted by molar-refractivity contribution is 7.25. The molecule has 2 nitrogen and oxygen atoms in total. The van der Waals surface area contributed by atoms with Gasteiger partial charge in [-0.1, -0.05) is 127 Å². The van der Waals surface area contributed by atoms with Crippen molar-refractivity contribution in [3.63, 3.8) is 0 Å². The molecule has 0 atom stereocenters. The lowest BCUT2D eigenvalue weighted by Crippen LogP contribution is -2.11. The zero-order chi connectivity index (χ0) is 32.3. The van der Waals surface area contributed by atoms with Gasteiger partial charge in [0.2, 0.25) is 0 Å². The van der Waals surface area contributed by atoms with Crippen molar-refractivity contribution in [3.05, 3.63) is 176 Å². The molecule has 0 amide bonds. The van der Waals surface area contributed by atoms with Crippen molar-refractivity contribution in [3.8, 4) is 22.3 Å². The van der Waals surface area contributed by atoms with E-state index in [0.29, 0.717) is 0 Å². The topological polar surface area (TPSA) is 16.4 Å². The van der Waals surface area contributed by atoms with Gasteiger partial charge in [0, 0.05) is 36.8 Å². The lowest BCUT2D eigenvalue weighted by atomic mass is 9.95. The Morgan fingerprint density at radius 2 is 1.04 bits per heavy atom. The monoisotopic (exact) mass is 643 g/mol. The number of para-hydroxylation sites is 2. The first kappa shape index (κ1) is 27.9. The third-order valence-corrected chi connectivity index (χ3v) is 10.8. The zero-order valence-electron chi connectivity index (χ0n) is 26.5. The number of benzene rings is 8. The van der Waals surface area contributed by atoms with Crippen LogP contribution in [0.4, 0.5) is 17.1 Å². The summed E-state index contributed by atoms with van der Waals surface area (Å²) in [7, 11) is 0. The van der Waals surface area contributed by atoms with E-state index in [-0.39, 0.29) is 0 Å². The number of fused-ring (bicyclic) bond motifs is 7. The fourth-order valence-electron chi connectivity index (χ4n) is 7.42. The van der Waals surface area contributed by atoms with Gasteiger partial charge in [-0.05, 0) is 76.0 Å². The molecule has 0 saturated carbocycles. The second kappa shape index (κ2) is 11.2. The summed E-state index contributed by atoms with van der Waals surface area (Å²) in [5, 5.41) is 7.31. The number of nitrogens with zero attached hydrogens (tertiary/aromatic N) is 1. The number of hydrogen-bond donors (Lipinski definition) is 0. The van der Waals surface area contributed by atoms with Crippen LogP contribution >= 0.6 is 11.3 Å². The Morgan fingerprint density at radius 3 is 1.96 bits per heavy atom. The van der Waals surface area contributed by atoms with Gasteiger partial charge in [0.1, 0.15) is 11.2 Å². The average molecular weight is 644 g/mol. The van der Waals surface area contributed by atoms with E-state index in [1.54, 1.807) is 0 Å². The maximum Gasteiger partial charge on any atom is 0.137 e. The van der Waals surface area contributed by atoms with E-state index in [0.717, 1.165) is 39.0 Å². The summed E-state index contributed by atoms with van der Waals surface area (Å²) in [5.41, 5.74) is 9.81. The van der Waals surface area contributed by atoms with Crippen molar-refractivity contribution in [1.82, 2.24) is 0 Å². The second-order valence-electron chi connectivity index (χ2n) is 12.5. The summed E-state index contributed by atoms with van der Waals surface area (Å²) in [4.78, 5) is 2.40. The van der Waals surface area contributed by atoms with E-state index >= 15 is 0 Å². The van der Waals surface area contributed by atoms with Crippen LogP contribution in [0.1, 0.15) is 0 Å². The van der Waals surface area contributed by atoms with Crippen LogP contribution < -0.4 is 4.90 Å². The van der Waals surface area contributed by atoms with Crippen LogP contribution in [0.5, 0.6) is 0 Å². The van der Waals surface area contributed by atoms with Crippen molar-refractivity contribution in [2.24, 2.45) is 0 Å². The van der Waals surface area contributed by atoms with E-state index in [9.17, 15) is 0 Å². The number of rotatable bonds is 5. The lowest BCUT2D eigenvalue weighted by Gasteiger charge is -2.29. The summed E-state index contributed by atoms with van der Waals surface area (Å²) in [6, 6.07) is 63.2. The zero-order valence-corrected chi connectivity index (χ0v) is 27.3. The first-order chi connectivity index (χ1) is 24.3. The Kier molecular flexibility index (Phi) is 6.39. The Morgan fingerprint density at radius 1 is 0.408 bits per heavy atom. The smallest absolute Gasteiger partial charge is 0.137 e. The Labute approximate surface area is 287 Å². The van der Waals surface area contributed by atoms with E-state index < -0.39 is 0 Å². The van der Waals surface area contributed by atoms with Crippen LogP contribution in [0.2, 0.25) is 0 Å². The van der Waals surface area contributed by atoms with Crippen LogP contribution in [0.15, 0.2) is 180 Å². The summed E-state index contributed by atoms with van der Waals surface area (Å²) in [6.45, 7) is 0. The maximum absolute atomic E-state index is 6.40. The number of hydrogen-bond acceptors (Lipinski definition) is 3. The summed E-state index contributed by atoms with van der Waals surface area (Å²) in [5.74, 6) is 0. The third-order valence-electron chi connectivity index (χ3n) is 9.68. The van der Waals surface area contributed by atoms with Gasteiger partial charge >= 0.3 is 0 Å². The van der Waals surface area contributed by atoms with Crippen molar-refractivity contribution in [2.75, 3.05) is 4.90 Å². The molecule has 0 fully saturated rings. The second-order valence-corrected chi connectivity index (χ2v) is 13.6. The molecule has 0 radical (unpaired) electrons. The molecule has 0 spiro atoms. The molecule has 2 heterocycles. The third kappa shape index (κ3) is 4.55. The SMILES string of the molecule is c1ccc(N(c2ccc(-c3ccc4c(c3)sc3ccccc34)cc2)c2cccc3oc4ccccc4c23)c(-c2cccc3ccccc23)c1. The summed E-state index contributed by atoms with van der Waals surface area (Å²) in [6.07, 6.45) is 0. The van der Waals surface area contributed by atoms with Crippen molar-refractivity contribution < 1.29 is 4.42 Å². The molecule has 10 aromatic rings. The fourth-order valence-corrected chi connectivity index (χ4v) is 8.56. The lowest BCUT2D eigenvalue weighted by molar-refractivity contribution is 0.669. The Hall–Kier alpha value is -6.16. The fraction of sp³-hybridized carbons (Fsp3) is 0. The standard InChI is InChI=1S/C46H29NOS/c1-2-13-34-31(11-1)12-9-17-35(34)36-14-3-6-18-40(36)47(41-19-10-21-43-46(41)39-16-4-7-20-42(39)48-43)33-26-23-30(24-27-33)32-25-28-38-37-15-5-8-22-44(37)49-45(38)29-32/h1-29H. The highest BCUT2D eigenvalue weighted by Gasteiger charge is 2.22. The largest absolute Gasteiger partial charge is 0.456 e. The Balaban J connectivity index is 1.18. The van der Waals surface area contributed by atoms with Crippen molar-refractivity contribution in [1.29, 1.82) is 0 Å². The summed E-state index contributed by atoms with van der Waals surface area (Å²) < 4.78 is 9.03. The quantitative estimate of drug-likeness (QED) is 0.186. The molecule has 10 rings (SSSR count).